The Bertz CT molecular complexity index is 861. The number of amides is 1. The second-order valence-corrected chi connectivity index (χ2v) is 10.1. The summed E-state index contributed by atoms with van der Waals surface area (Å²) in [6.07, 6.45) is -1.31. The Kier molecular flexibility index (Phi) is 12.9. The Hall–Kier alpha value is -2.91. The summed E-state index contributed by atoms with van der Waals surface area (Å²) in [6.45, 7) is -0.00185. The van der Waals surface area contributed by atoms with E-state index in [4.69, 9.17) is 18.7 Å². The van der Waals surface area contributed by atoms with Gasteiger partial charge in [0.15, 0.2) is 0 Å². The van der Waals surface area contributed by atoms with Gasteiger partial charge in [0.05, 0.1) is 27.2 Å². The highest BCUT2D eigenvalue weighted by Crippen LogP contribution is 2.49. The molecule has 0 radical (unpaired) electrons. The van der Waals surface area contributed by atoms with E-state index in [1.54, 1.807) is 24.3 Å². The third kappa shape index (κ3) is 10.4. The van der Waals surface area contributed by atoms with Crippen molar-refractivity contribution < 1.29 is 47.2 Å². The summed E-state index contributed by atoms with van der Waals surface area (Å²) >= 11 is 0. The summed E-state index contributed by atoms with van der Waals surface area (Å²) < 4.78 is 37.7. The largest absolute Gasteiger partial charge is 0.469 e. The first-order chi connectivity index (χ1) is 16.2. The lowest BCUT2D eigenvalue weighted by Crippen LogP contribution is -2.42. The van der Waals surface area contributed by atoms with Crippen LogP contribution in [0.15, 0.2) is 30.3 Å². The molecule has 0 aliphatic carbocycles. The van der Waals surface area contributed by atoms with Crippen LogP contribution in [0.2, 0.25) is 0 Å². The monoisotopic (exact) mass is 501 g/mol. The summed E-state index contributed by atoms with van der Waals surface area (Å²) in [5, 5.41) is 2.40. The topological polar surface area (TPSA) is 144 Å². The standard InChI is InChI=1S/C22H32NO10P/c1-29-19(24)11-10-17(20(25)30-2)15-34(28,32-4)13-12-18(21(26)31-3)23-22(27)33-14-16-8-6-5-7-9-16/h5-9,17-18H,10-15H2,1-4H3,(H,23,27)/t17?,18-,34?/m0/s1. The zero-order valence-electron chi connectivity index (χ0n) is 19.8. The van der Waals surface area contributed by atoms with Gasteiger partial charge in [0.2, 0.25) is 7.37 Å². The van der Waals surface area contributed by atoms with Gasteiger partial charge < -0.3 is 28.8 Å². The second-order valence-electron chi connectivity index (χ2n) is 7.31. The van der Waals surface area contributed by atoms with E-state index in [2.05, 4.69) is 10.1 Å². The number of methoxy groups -OCH3 is 3. The molecule has 0 spiro atoms. The Labute approximate surface area is 198 Å². The number of rotatable bonds is 14. The quantitative estimate of drug-likeness (QED) is 0.229. The molecule has 1 N–H and O–H groups in total. The highest BCUT2D eigenvalue weighted by Gasteiger charge is 2.34. The molecule has 1 aromatic carbocycles. The van der Waals surface area contributed by atoms with Crippen molar-refractivity contribution in [1.29, 1.82) is 0 Å². The molecule has 1 rings (SSSR count). The second kappa shape index (κ2) is 15.1. The maximum absolute atomic E-state index is 13.3. The van der Waals surface area contributed by atoms with E-state index >= 15 is 0 Å². The number of hydrogen-bond acceptors (Lipinski definition) is 10. The number of alkyl carbamates (subject to hydrolysis) is 1. The SMILES string of the molecule is COC(=O)CCC(CP(=O)(CC[C@H](NC(=O)OCc1ccccc1)C(=O)OC)OC)C(=O)OC. The van der Waals surface area contributed by atoms with Crippen LogP contribution in [0.25, 0.3) is 0 Å². The molecular formula is C22H32NO10P. The van der Waals surface area contributed by atoms with Crippen LogP contribution >= 0.6 is 7.37 Å². The summed E-state index contributed by atoms with van der Waals surface area (Å²) in [5.74, 6) is -2.80. The van der Waals surface area contributed by atoms with E-state index in [1.807, 2.05) is 6.07 Å². The van der Waals surface area contributed by atoms with Crippen LogP contribution in [-0.4, -0.2) is 70.8 Å². The van der Waals surface area contributed by atoms with Gasteiger partial charge in [0.1, 0.15) is 12.6 Å². The number of esters is 3. The summed E-state index contributed by atoms with van der Waals surface area (Å²) in [6, 6.07) is 7.82. The number of carbonyl (C=O) groups is 4. The van der Waals surface area contributed by atoms with Crippen LogP contribution in [-0.2, 0) is 49.0 Å². The first-order valence-electron chi connectivity index (χ1n) is 10.5. The van der Waals surface area contributed by atoms with Crippen LogP contribution in [0.3, 0.4) is 0 Å². The maximum atomic E-state index is 13.3. The minimum absolute atomic E-state index is 0.00185. The van der Waals surface area contributed by atoms with Crippen LogP contribution in [0.5, 0.6) is 0 Å². The highest BCUT2D eigenvalue weighted by atomic mass is 31.2. The first-order valence-corrected chi connectivity index (χ1v) is 12.5. The third-order valence-electron chi connectivity index (χ3n) is 5.04. The number of carbonyl (C=O) groups excluding carboxylic acids is 4. The molecule has 0 bridgehead atoms. The summed E-state index contributed by atoms with van der Waals surface area (Å²) in [5.41, 5.74) is 0.761. The Morgan fingerprint density at radius 1 is 0.912 bits per heavy atom. The van der Waals surface area contributed by atoms with Gasteiger partial charge in [0, 0.05) is 25.9 Å². The average molecular weight is 501 g/mol. The number of nitrogens with one attached hydrogen (secondary N) is 1. The Morgan fingerprint density at radius 3 is 2.12 bits per heavy atom. The molecule has 2 unspecified atom stereocenters. The molecule has 0 saturated carbocycles. The predicted octanol–water partition coefficient (Wildman–Crippen LogP) is 2.51. The molecule has 12 heteroatoms. The molecule has 0 aliphatic rings. The minimum Gasteiger partial charge on any atom is -0.469 e. The van der Waals surface area contributed by atoms with E-state index in [0.29, 0.717) is 0 Å². The number of hydrogen-bond donors (Lipinski definition) is 1. The van der Waals surface area contributed by atoms with Crippen molar-refractivity contribution in [2.45, 2.75) is 31.9 Å². The fraction of sp³-hybridized carbons (Fsp3) is 0.545. The van der Waals surface area contributed by atoms with Crippen LogP contribution < -0.4 is 5.32 Å². The van der Waals surface area contributed by atoms with E-state index in [1.165, 1.54) is 21.3 Å². The molecule has 0 aliphatic heterocycles. The average Bonchev–Trinajstić information content (AvgIpc) is 2.87. The van der Waals surface area contributed by atoms with Gasteiger partial charge in [-0.05, 0) is 18.4 Å². The van der Waals surface area contributed by atoms with E-state index in [0.717, 1.165) is 12.7 Å². The summed E-state index contributed by atoms with van der Waals surface area (Å²) in [7, 11) is 1.33. The zero-order chi connectivity index (χ0) is 25.6. The first kappa shape index (κ1) is 29.1. The molecular weight excluding hydrogens is 469 g/mol. The molecule has 0 fully saturated rings. The Morgan fingerprint density at radius 2 is 1.56 bits per heavy atom. The van der Waals surface area contributed by atoms with Gasteiger partial charge in [0.25, 0.3) is 0 Å². The molecule has 3 atom stereocenters. The van der Waals surface area contributed by atoms with Crippen molar-refractivity contribution in [3.8, 4) is 0 Å². The Balaban J connectivity index is 2.78. The van der Waals surface area contributed by atoms with Gasteiger partial charge in [-0.2, -0.15) is 0 Å². The molecule has 34 heavy (non-hydrogen) atoms. The van der Waals surface area contributed by atoms with Crippen molar-refractivity contribution in [2.24, 2.45) is 5.92 Å². The molecule has 11 nitrogen and oxygen atoms in total. The highest BCUT2D eigenvalue weighted by molar-refractivity contribution is 7.59. The van der Waals surface area contributed by atoms with E-state index in [9.17, 15) is 23.7 Å². The molecule has 190 valence electrons. The lowest BCUT2D eigenvalue weighted by atomic mass is 10.1. The van der Waals surface area contributed by atoms with Crippen molar-refractivity contribution in [2.75, 3.05) is 40.8 Å². The fourth-order valence-corrected chi connectivity index (χ4v) is 5.23. The van der Waals surface area contributed by atoms with Crippen molar-refractivity contribution >= 4 is 31.4 Å². The normalized spacial score (nSPS) is 14.1. The van der Waals surface area contributed by atoms with Gasteiger partial charge in [-0.25, -0.2) is 9.59 Å². The maximum Gasteiger partial charge on any atom is 0.408 e. The van der Waals surface area contributed by atoms with Crippen molar-refractivity contribution in [3.63, 3.8) is 0 Å². The van der Waals surface area contributed by atoms with Gasteiger partial charge in [-0.3, -0.25) is 14.2 Å². The number of benzene rings is 1. The van der Waals surface area contributed by atoms with Gasteiger partial charge in [-0.15, -0.1) is 0 Å². The molecule has 0 aromatic heterocycles. The van der Waals surface area contributed by atoms with Crippen LogP contribution in [0.4, 0.5) is 4.79 Å². The fourth-order valence-electron chi connectivity index (χ4n) is 3.06. The number of ether oxygens (including phenoxy) is 4. The predicted molar refractivity (Wildman–Crippen MR) is 121 cm³/mol. The molecule has 1 aromatic rings. The van der Waals surface area contributed by atoms with Crippen LogP contribution in [0, 0.1) is 5.92 Å². The van der Waals surface area contributed by atoms with Gasteiger partial charge in [-0.1, -0.05) is 30.3 Å². The lowest BCUT2D eigenvalue weighted by molar-refractivity contribution is -0.146. The van der Waals surface area contributed by atoms with E-state index < -0.39 is 43.3 Å². The van der Waals surface area contributed by atoms with E-state index in [-0.39, 0.29) is 38.2 Å². The zero-order valence-corrected chi connectivity index (χ0v) is 20.7. The lowest BCUT2D eigenvalue weighted by Gasteiger charge is -2.23. The van der Waals surface area contributed by atoms with Gasteiger partial charge >= 0.3 is 24.0 Å². The molecule has 0 heterocycles. The van der Waals surface area contributed by atoms with Crippen molar-refractivity contribution in [1.82, 2.24) is 5.32 Å². The summed E-state index contributed by atoms with van der Waals surface area (Å²) in [4.78, 5) is 47.9. The molecule has 0 saturated heterocycles. The van der Waals surface area contributed by atoms with Crippen LogP contribution in [0.1, 0.15) is 24.8 Å². The smallest absolute Gasteiger partial charge is 0.408 e. The third-order valence-corrected chi connectivity index (χ3v) is 7.64. The van der Waals surface area contributed by atoms with Crippen molar-refractivity contribution in [3.05, 3.63) is 35.9 Å². The minimum atomic E-state index is -3.46. The molecule has 1 amide bonds.